The first-order valence-corrected chi connectivity index (χ1v) is 6.22. The molecule has 1 aliphatic rings. The maximum atomic E-state index is 12.1. The molecule has 1 fully saturated rings. The number of hydrogen-bond acceptors (Lipinski definition) is 5. The molecule has 0 aliphatic carbocycles. The molecule has 1 aromatic heterocycles. The van der Waals surface area contributed by atoms with Crippen LogP contribution in [0.4, 0.5) is 5.13 Å². The van der Waals surface area contributed by atoms with Gasteiger partial charge in [0.1, 0.15) is 5.54 Å². The number of aromatic nitrogens is 1. The van der Waals surface area contributed by atoms with Crippen LogP contribution in [0.1, 0.15) is 23.5 Å². The molecule has 2 rings (SSSR count). The molecule has 0 bridgehead atoms. The van der Waals surface area contributed by atoms with E-state index in [2.05, 4.69) is 4.98 Å². The summed E-state index contributed by atoms with van der Waals surface area (Å²) < 4.78 is 0. The van der Waals surface area contributed by atoms with Crippen LogP contribution in [0.5, 0.6) is 0 Å². The quantitative estimate of drug-likeness (QED) is 0.738. The highest BCUT2D eigenvalue weighted by Gasteiger charge is 2.41. The summed E-state index contributed by atoms with van der Waals surface area (Å²) in [5.74, 6) is 0.0756. The molecule has 1 aromatic rings. The van der Waals surface area contributed by atoms with Gasteiger partial charge in [-0.05, 0) is 13.8 Å². The van der Waals surface area contributed by atoms with Gasteiger partial charge in [-0.15, -0.1) is 0 Å². The maximum absolute atomic E-state index is 12.1. The van der Waals surface area contributed by atoms with E-state index >= 15 is 0 Å². The molecule has 1 amide bonds. The normalized spacial score (nSPS) is 19.6. The summed E-state index contributed by atoms with van der Waals surface area (Å²) in [5.41, 5.74) is -0.606. The standard InChI is InChI=1S/C11H15N3O2S/c1-11(2)9(16)13(3)4-5-14(11)10-12-6-8(7-15)17-10/h6-7H,4-5H2,1-3H3. The predicted molar refractivity (Wildman–Crippen MR) is 66.6 cm³/mol. The van der Waals surface area contributed by atoms with Crippen molar-refractivity contribution in [2.45, 2.75) is 19.4 Å². The molecule has 5 nitrogen and oxygen atoms in total. The van der Waals surface area contributed by atoms with Crippen molar-refractivity contribution in [2.75, 3.05) is 25.0 Å². The number of aldehydes is 1. The van der Waals surface area contributed by atoms with Crippen molar-refractivity contribution >= 4 is 28.7 Å². The van der Waals surface area contributed by atoms with Gasteiger partial charge < -0.3 is 9.80 Å². The highest BCUT2D eigenvalue weighted by Crippen LogP contribution is 2.31. The van der Waals surface area contributed by atoms with Crippen LogP contribution < -0.4 is 4.90 Å². The molecule has 0 radical (unpaired) electrons. The molecule has 0 atom stereocenters. The zero-order chi connectivity index (χ0) is 12.6. The Labute approximate surface area is 104 Å². The van der Waals surface area contributed by atoms with E-state index in [1.807, 2.05) is 18.7 Å². The minimum absolute atomic E-state index is 0.0756. The van der Waals surface area contributed by atoms with Crippen molar-refractivity contribution in [3.05, 3.63) is 11.1 Å². The topological polar surface area (TPSA) is 53.5 Å². The predicted octanol–water partition coefficient (Wildman–Crippen LogP) is 1.01. The number of carbonyl (C=O) groups is 2. The first kappa shape index (κ1) is 12.0. The largest absolute Gasteiger partial charge is 0.342 e. The number of anilines is 1. The SMILES string of the molecule is CN1CCN(c2ncc(C=O)s2)C(C)(C)C1=O. The Hall–Kier alpha value is -1.43. The number of hydrogen-bond donors (Lipinski definition) is 0. The lowest BCUT2D eigenvalue weighted by atomic mass is 9.99. The Morgan fingerprint density at radius 3 is 2.76 bits per heavy atom. The van der Waals surface area contributed by atoms with Crippen molar-refractivity contribution in [1.29, 1.82) is 0 Å². The second kappa shape index (κ2) is 4.10. The number of likely N-dealkylation sites (N-methyl/N-ethyl adjacent to an activating group) is 1. The highest BCUT2D eigenvalue weighted by molar-refractivity contribution is 7.17. The number of amides is 1. The molecule has 1 saturated heterocycles. The van der Waals surface area contributed by atoms with Gasteiger partial charge in [-0.2, -0.15) is 0 Å². The van der Waals surface area contributed by atoms with Crippen molar-refractivity contribution in [2.24, 2.45) is 0 Å². The summed E-state index contributed by atoms with van der Waals surface area (Å²) in [6, 6.07) is 0. The molecule has 2 heterocycles. The number of thiazole rings is 1. The van der Waals surface area contributed by atoms with Crippen LogP contribution >= 0.6 is 11.3 Å². The monoisotopic (exact) mass is 253 g/mol. The molecule has 0 spiro atoms. The fraction of sp³-hybridized carbons (Fsp3) is 0.545. The minimum atomic E-state index is -0.606. The van der Waals surface area contributed by atoms with Gasteiger partial charge >= 0.3 is 0 Å². The second-order valence-electron chi connectivity index (χ2n) is 4.60. The molecule has 0 unspecified atom stereocenters. The smallest absolute Gasteiger partial charge is 0.247 e. The zero-order valence-electron chi connectivity index (χ0n) is 10.1. The Balaban J connectivity index is 2.32. The van der Waals surface area contributed by atoms with E-state index < -0.39 is 5.54 Å². The van der Waals surface area contributed by atoms with Crippen LogP contribution in [-0.2, 0) is 4.79 Å². The third-order valence-corrected chi connectivity index (χ3v) is 4.01. The Morgan fingerprint density at radius 1 is 1.47 bits per heavy atom. The van der Waals surface area contributed by atoms with Gasteiger partial charge in [0.2, 0.25) is 5.91 Å². The van der Waals surface area contributed by atoms with E-state index in [1.165, 1.54) is 11.3 Å². The van der Waals surface area contributed by atoms with Gasteiger partial charge in [-0.1, -0.05) is 11.3 Å². The molecule has 0 aromatic carbocycles. The molecule has 17 heavy (non-hydrogen) atoms. The van der Waals surface area contributed by atoms with Crippen LogP contribution in [0.25, 0.3) is 0 Å². The number of carbonyl (C=O) groups excluding carboxylic acids is 2. The lowest BCUT2D eigenvalue weighted by Gasteiger charge is -2.44. The Kier molecular flexibility index (Phi) is 2.91. The average molecular weight is 253 g/mol. The van der Waals surface area contributed by atoms with Crippen LogP contribution in [0, 0.1) is 0 Å². The minimum Gasteiger partial charge on any atom is -0.342 e. The Morgan fingerprint density at radius 2 is 2.18 bits per heavy atom. The average Bonchev–Trinajstić information content (AvgIpc) is 2.74. The van der Waals surface area contributed by atoms with Gasteiger partial charge in [-0.3, -0.25) is 9.59 Å². The lowest BCUT2D eigenvalue weighted by Crippen LogP contribution is -2.62. The first-order chi connectivity index (χ1) is 7.96. The van der Waals surface area contributed by atoms with Gasteiger partial charge in [0.15, 0.2) is 11.4 Å². The molecule has 6 heteroatoms. The van der Waals surface area contributed by atoms with E-state index in [4.69, 9.17) is 0 Å². The first-order valence-electron chi connectivity index (χ1n) is 5.41. The molecule has 1 aliphatic heterocycles. The molecular formula is C11H15N3O2S. The van der Waals surface area contributed by atoms with Gasteiger partial charge in [0, 0.05) is 20.1 Å². The van der Waals surface area contributed by atoms with E-state index in [0.29, 0.717) is 11.4 Å². The highest BCUT2D eigenvalue weighted by atomic mass is 32.1. The summed E-state index contributed by atoms with van der Waals surface area (Å²) >= 11 is 1.32. The van der Waals surface area contributed by atoms with Gasteiger partial charge in [0.25, 0.3) is 0 Å². The van der Waals surface area contributed by atoms with E-state index in [-0.39, 0.29) is 5.91 Å². The summed E-state index contributed by atoms with van der Waals surface area (Å²) in [6.07, 6.45) is 2.33. The van der Waals surface area contributed by atoms with E-state index in [1.54, 1.807) is 18.1 Å². The number of nitrogens with zero attached hydrogens (tertiary/aromatic N) is 3. The van der Waals surface area contributed by atoms with Gasteiger partial charge in [0.05, 0.1) is 11.1 Å². The summed E-state index contributed by atoms with van der Waals surface area (Å²) in [4.78, 5) is 31.2. The summed E-state index contributed by atoms with van der Waals surface area (Å²) in [5, 5.41) is 0.735. The van der Waals surface area contributed by atoms with Crippen LogP contribution in [0.3, 0.4) is 0 Å². The lowest BCUT2D eigenvalue weighted by molar-refractivity contribution is -0.136. The number of rotatable bonds is 2. The van der Waals surface area contributed by atoms with Crippen LogP contribution in [0.2, 0.25) is 0 Å². The summed E-state index contributed by atoms with van der Waals surface area (Å²) in [7, 11) is 1.81. The molecular weight excluding hydrogens is 238 g/mol. The third-order valence-electron chi connectivity index (χ3n) is 3.06. The van der Waals surface area contributed by atoms with Crippen molar-refractivity contribution in [3.63, 3.8) is 0 Å². The van der Waals surface area contributed by atoms with Crippen molar-refractivity contribution < 1.29 is 9.59 Å². The number of piperazine rings is 1. The van der Waals surface area contributed by atoms with E-state index in [0.717, 1.165) is 18.0 Å². The van der Waals surface area contributed by atoms with Crippen molar-refractivity contribution in [1.82, 2.24) is 9.88 Å². The third kappa shape index (κ3) is 1.93. The Bertz CT molecular complexity index is 455. The zero-order valence-corrected chi connectivity index (χ0v) is 11.0. The molecule has 92 valence electrons. The fourth-order valence-corrected chi connectivity index (χ4v) is 2.90. The summed E-state index contributed by atoms with van der Waals surface area (Å²) in [6.45, 7) is 5.18. The van der Waals surface area contributed by atoms with Gasteiger partial charge in [-0.25, -0.2) is 4.98 Å². The van der Waals surface area contributed by atoms with Crippen molar-refractivity contribution in [3.8, 4) is 0 Å². The molecule has 0 saturated carbocycles. The maximum Gasteiger partial charge on any atom is 0.247 e. The van der Waals surface area contributed by atoms with Crippen LogP contribution in [0.15, 0.2) is 6.20 Å². The van der Waals surface area contributed by atoms with E-state index in [9.17, 15) is 9.59 Å². The van der Waals surface area contributed by atoms with Crippen LogP contribution in [-0.4, -0.2) is 47.8 Å². The molecule has 0 N–H and O–H groups in total. The fourth-order valence-electron chi connectivity index (χ4n) is 2.00. The second-order valence-corrected chi connectivity index (χ2v) is 5.64.